The third-order valence-corrected chi connectivity index (χ3v) is 5.47. The highest BCUT2D eigenvalue weighted by atomic mass is 15.4. The van der Waals surface area contributed by atoms with E-state index in [4.69, 9.17) is 0 Å². The van der Waals surface area contributed by atoms with Gasteiger partial charge in [-0.05, 0) is 30.2 Å². The molecule has 2 saturated heterocycles. The van der Waals surface area contributed by atoms with Crippen LogP contribution in [0.3, 0.4) is 0 Å². The van der Waals surface area contributed by atoms with Crippen molar-refractivity contribution in [2.24, 2.45) is 5.92 Å². The molecule has 4 N–H and O–H groups in total. The first-order chi connectivity index (χ1) is 12.8. The van der Waals surface area contributed by atoms with Crippen molar-refractivity contribution < 1.29 is 0 Å². The fourth-order valence-corrected chi connectivity index (χ4v) is 4.10. The number of hydrazine groups is 2. The summed E-state index contributed by atoms with van der Waals surface area (Å²) in [7, 11) is 2.23. The van der Waals surface area contributed by atoms with Crippen LogP contribution in [0.2, 0.25) is 0 Å². The number of benzene rings is 2. The number of hydrogen-bond donors (Lipinski definition) is 4. The SMILES string of the molecule is CN(CC1CCNN1)CC1CNNC1c1ccc(-c2ccccc2)cc1. The lowest BCUT2D eigenvalue weighted by Crippen LogP contribution is -2.41. The van der Waals surface area contributed by atoms with Gasteiger partial charge in [-0.1, -0.05) is 54.6 Å². The first-order valence-electron chi connectivity index (χ1n) is 9.60. The molecule has 26 heavy (non-hydrogen) atoms. The van der Waals surface area contributed by atoms with Crippen molar-refractivity contribution in [2.75, 3.05) is 33.2 Å². The van der Waals surface area contributed by atoms with E-state index in [0.29, 0.717) is 18.0 Å². The first kappa shape index (κ1) is 17.6. The summed E-state index contributed by atoms with van der Waals surface area (Å²) < 4.78 is 0. The van der Waals surface area contributed by atoms with Gasteiger partial charge in [0.15, 0.2) is 0 Å². The van der Waals surface area contributed by atoms with Crippen molar-refractivity contribution in [3.63, 3.8) is 0 Å². The quantitative estimate of drug-likeness (QED) is 0.641. The van der Waals surface area contributed by atoms with E-state index >= 15 is 0 Å². The fraction of sp³-hybridized carbons (Fsp3) is 0.429. The van der Waals surface area contributed by atoms with Crippen molar-refractivity contribution in [1.82, 2.24) is 26.6 Å². The van der Waals surface area contributed by atoms with E-state index in [1.54, 1.807) is 0 Å². The van der Waals surface area contributed by atoms with E-state index in [0.717, 1.165) is 26.2 Å². The molecule has 0 bridgehead atoms. The molecule has 0 saturated carbocycles. The average molecular weight is 351 g/mol. The average Bonchev–Trinajstić information content (AvgIpc) is 3.35. The van der Waals surface area contributed by atoms with E-state index in [9.17, 15) is 0 Å². The Morgan fingerprint density at radius 1 is 0.885 bits per heavy atom. The van der Waals surface area contributed by atoms with Crippen LogP contribution in [-0.2, 0) is 0 Å². The molecule has 2 aromatic carbocycles. The van der Waals surface area contributed by atoms with E-state index in [-0.39, 0.29) is 0 Å². The van der Waals surface area contributed by atoms with Gasteiger partial charge in [-0.25, -0.2) is 5.43 Å². The number of likely N-dealkylation sites (N-methyl/N-ethyl adjacent to an activating group) is 1. The van der Waals surface area contributed by atoms with Crippen LogP contribution >= 0.6 is 0 Å². The second kappa shape index (κ2) is 8.29. The maximum atomic E-state index is 3.48. The third-order valence-electron chi connectivity index (χ3n) is 5.47. The van der Waals surface area contributed by atoms with Gasteiger partial charge in [0.1, 0.15) is 0 Å². The Morgan fingerprint density at radius 2 is 1.65 bits per heavy atom. The molecule has 0 aliphatic carbocycles. The summed E-state index contributed by atoms with van der Waals surface area (Å²) in [6.07, 6.45) is 1.20. The summed E-state index contributed by atoms with van der Waals surface area (Å²) >= 11 is 0. The number of rotatable bonds is 6. The van der Waals surface area contributed by atoms with Crippen molar-refractivity contribution >= 4 is 0 Å². The smallest absolute Gasteiger partial charge is 0.0515 e. The van der Waals surface area contributed by atoms with Crippen molar-refractivity contribution in [1.29, 1.82) is 0 Å². The molecule has 2 aliphatic heterocycles. The Bertz CT molecular complexity index is 681. The second-order valence-corrected chi connectivity index (χ2v) is 7.53. The van der Waals surface area contributed by atoms with Gasteiger partial charge in [-0.15, -0.1) is 0 Å². The van der Waals surface area contributed by atoms with Gasteiger partial charge in [0.05, 0.1) is 6.04 Å². The van der Waals surface area contributed by atoms with Gasteiger partial charge in [-0.3, -0.25) is 16.3 Å². The molecule has 2 fully saturated rings. The molecule has 3 atom stereocenters. The summed E-state index contributed by atoms with van der Waals surface area (Å²) in [5, 5.41) is 0. The third kappa shape index (κ3) is 4.14. The van der Waals surface area contributed by atoms with Crippen molar-refractivity contribution in [2.45, 2.75) is 18.5 Å². The molecule has 3 unspecified atom stereocenters. The summed E-state index contributed by atoms with van der Waals surface area (Å²) in [4.78, 5) is 2.45. The molecule has 0 amide bonds. The predicted molar refractivity (Wildman–Crippen MR) is 106 cm³/mol. The minimum Gasteiger partial charge on any atom is -0.304 e. The molecule has 0 aromatic heterocycles. The zero-order valence-electron chi connectivity index (χ0n) is 15.4. The zero-order valence-corrected chi connectivity index (χ0v) is 15.4. The van der Waals surface area contributed by atoms with Crippen LogP contribution in [0.1, 0.15) is 18.0 Å². The van der Waals surface area contributed by atoms with Gasteiger partial charge in [0, 0.05) is 38.1 Å². The van der Waals surface area contributed by atoms with E-state index < -0.39 is 0 Å². The lowest BCUT2D eigenvalue weighted by atomic mass is 9.93. The van der Waals surface area contributed by atoms with Crippen LogP contribution in [0.5, 0.6) is 0 Å². The van der Waals surface area contributed by atoms with Crippen LogP contribution in [0.4, 0.5) is 0 Å². The van der Waals surface area contributed by atoms with E-state index in [1.807, 2.05) is 0 Å². The molecular weight excluding hydrogens is 322 g/mol. The van der Waals surface area contributed by atoms with Crippen LogP contribution in [-0.4, -0.2) is 44.2 Å². The summed E-state index contributed by atoms with van der Waals surface area (Å²) in [6.45, 7) is 4.25. The lowest BCUT2D eigenvalue weighted by Gasteiger charge is -2.26. The second-order valence-electron chi connectivity index (χ2n) is 7.53. The van der Waals surface area contributed by atoms with Crippen molar-refractivity contribution in [3.8, 4) is 11.1 Å². The van der Waals surface area contributed by atoms with Crippen LogP contribution in [0, 0.1) is 5.92 Å². The van der Waals surface area contributed by atoms with Gasteiger partial charge >= 0.3 is 0 Å². The van der Waals surface area contributed by atoms with Gasteiger partial charge < -0.3 is 4.90 Å². The van der Waals surface area contributed by atoms with Gasteiger partial charge in [-0.2, -0.15) is 0 Å². The van der Waals surface area contributed by atoms with Gasteiger partial charge in [0.25, 0.3) is 0 Å². The van der Waals surface area contributed by atoms with Crippen LogP contribution in [0.15, 0.2) is 54.6 Å². The lowest BCUT2D eigenvalue weighted by molar-refractivity contribution is 0.247. The maximum absolute atomic E-state index is 3.48. The van der Waals surface area contributed by atoms with E-state index in [1.165, 1.54) is 23.1 Å². The molecular formula is C21H29N5. The highest BCUT2D eigenvalue weighted by molar-refractivity contribution is 5.63. The normalized spacial score (nSPS) is 25.8. The number of nitrogens with zero attached hydrogens (tertiary/aromatic N) is 1. The largest absolute Gasteiger partial charge is 0.304 e. The van der Waals surface area contributed by atoms with Crippen molar-refractivity contribution in [3.05, 3.63) is 60.2 Å². The highest BCUT2D eigenvalue weighted by Gasteiger charge is 2.29. The summed E-state index contributed by atoms with van der Waals surface area (Å²) in [5.74, 6) is 0.567. The molecule has 0 spiro atoms. The Kier molecular flexibility index (Phi) is 5.62. The molecule has 138 valence electrons. The Hall–Kier alpha value is -1.76. The Balaban J connectivity index is 1.39. The summed E-state index contributed by atoms with van der Waals surface area (Å²) in [6, 6.07) is 20.5. The molecule has 5 nitrogen and oxygen atoms in total. The number of nitrogens with one attached hydrogen (secondary N) is 4. The standard InChI is InChI=1S/C21H29N5/c1-26(15-20-11-12-22-24-20)14-19-13-23-25-21(19)18-9-7-17(8-10-18)16-5-3-2-4-6-16/h2-10,19-25H,11-15H2,1H3. The highest BCUT2D eigenvalue weighted by Crippen LogP contribution is 2.28. The maximum Gasteiger partial charge on any atom is 0.0515 e. The van der Waals surface area contributed by atoms with Gasteiger partial charge in [0.2, 0.25) is 0 Å². The topological polar surface area (TPSA) is 51.4 Å². The Labute approximate surface area is 156 Å². The molecule has 0 radical (unpaired) electrons. The number of hydrogen-bond acceptors (Lipinski definition) is 5. The fourth-order valence-electron chi connectivity index (χ4n) is 4.10. The summed E-state index contributed by atoms with van der Waals surface area (Å²) in [5.41, 5.74) is 17.3. The minimum atomic E-state index is 0.358. The predicted octanol–water partition coefficient (Wildman–Crippen LogP) is 1.92. The molecule has 2 aromatic rings. The molecule has 2 heterocycles. The molecule has 4 rings (SSSR count). The molecule has 2 aliphatic rings. The van der Waals surface area contributed by atoms with E-state index in [2.05, 4.69) is 88.2 Å². The van der Waals surface area contributed by atoms with Crippen LogP contribution < -0.4 is 21.7 Å². The zero-order chi connectivity index (χ0) is 17.8. The Morgan fingerprint density at radius 3 is 2.38 bits per heavy atom. The monoisotopic (exact) mass is 351 g/mol. The minimum absolute atomic E-state index is 0.358. The first-order valence-corrected chi connectivity index (χ1v) is 9.60. The van der Waals surface area contributed by atoms with Crippen LogP contribution in [0.25, 0.3) is 11.1 Å². The molecule has 5 heteroatoms.